The number of piperidine rings is 2. The third-order valence-electron chi connectivity index (χ3n) is 9.49. The summed E-state index contributed by atoms with van der Waals surface area (Å²) in [4.78, 5) is 53.0. The number of nitrogens with one attached hydrogen (secondary N) is 2. The first-order chi connectivity index (χ1) is 27.0. The second-order valence-corrected chi connectivity index (χ2v) is 16.0. The van der Waals surface area contributed by atoms with Crippen molar-refractivity contribution in [3.05, 3.63) is 79.9 Å². The third-order valence-corrected chi connectivity index (χ3v) is 11.5. The zero-order chi connectivity index (χ0) is 40.2. The Bertz CT molecular complexity index is 1450. The summed E-state index contributed by atoms with van der Waals surface area (Å²) in [6, 6.07) is 15.8. The highest BCUT2D eigenvalue weighted by Crippen LogP contribution is 2.26. The lowest BCUT2D eigenvalue weighted by atomic mass is 10.1. The fraction of sp³-hybridized carbons (Fsp3) is 0.632. The van der Waals surface area contributed by atoms with Crippen LogP contribution in [0.25, 0.3) is 0 Å². The predicted octanol–water partition coefficient (Wildman–Crippen LogP) is 4.75. The summed E-state index contributed by atoms with van der Waals surface area (Å²) in [7, 11) is 0. The van der Waals surface area contributed by atoms with E-state index in [1.165, 1.54) is 51.0 Å². The van der Waals surface area contributed by atoms with E-state index in [0.29, 0.717) is 24.3 Å². The Morgan fingerprint density at radius 3 is 1.43 bits per heavy atom. The Balaban J connectivity index is 1.25. The van der Waals surface area contributed by atoms with Crippen LogP contribution in [-0.2, 0) is 32.2 Å². The lowest BCUT2D eigenvalue weighted by molar-refractivity contribution is -0.495. The number of thioether (sulfide) groups is 2. The average Bonchev–Trinajstić information content (AvgIpc) is 3.18. The molecule has 56 heavy (non-hydrogen) atoms. The van der Waals surface area contributed by atoms with Crippen molar-refractivity contribution in [3.8, 4) is 11.5 Å². The van der Waals surface area contributed by atoms with Crippen molar-refractivity contribution in [2.45, 2.75) is 74.6 Å². The number of nitrogens with zero attached hydrogens (tertiary/aromatic N) is 4. The maximum atomic E-state index is 13.1. The van der Waals surface area contributed by atoms with Crippen LogP contribution in [0.3, 0.4) is 0 Å². The number of ether oxygens (including phenoxy) is 4. The van der Waals surface area contributed by atoms with Gasteiger partial charge in [0, 0.05) is 36.0 Å². The second kappa shape index (κ2) is 23.5. The van der Waals surface area contributed by atoms with Crippen LogP contribution >= 0.6 is 23.5 Å². The number of likely N-dealkylation sites (tertiary alicyclic amines) is 2. The van der Waals surface area contributed by atoms with Gasteiger partial charge in [0.1, 0.15) is 11.5 Å². The van der Waals surface area contributed by atoms with Crippen LogP contribution < -0.4 is 20.1 Å². The largest absolute Gasteiger partial charge is 0.494 e. The Morgan fingerprint density at radius 1 is 0.679 bits per heavy atom. The maximum Gasteiger partial charge on any atom is 0.420 e. The molecule has 18 heteroatoms. The van der Waals surface area contributed by atoms with E-state index in [9.17, 15) is 29.8 Å². The van der Waals surface area contributed by atoms with Gasteiger partial charge in [-0.15, -0.1) is 0 Å². The average molecular weight is 821 g/mol. The molecule has 2 heterocycles. The number of esters is 2. The smallest absolute Gasteiger partial charge is 0.420 e. The SMILES string of the molecule is CSC(C[N+](=O)[O-])(NCCCOc1cccc(CN2CCCCC2)c1)OC(=O)C(=O)OC(C[N+](=O)[O-])(NCCCOc1cccc(CN2CCCCC2)c1)SC. The van der Waals surface area contributed by atoms with Crippen LogP contribution in [0.2, 0.25) is 0 Å². The standard InChI is InChI=1S/C38H56N6O10S2/c1-55-37(29-43(47)48,39-17-11-23-51-33-15-9-13-31(25-33)27-41-19-5-3-6-20-41)53-35(45)36(46)54-38(56-2,30-44(49)50)40-18-12-24-52-34-16-10-14-32(26-34)28-42-21-7-4-8-22-42/h9-10,13-16,25-26,39-40H,3-8,11-12,17-24,27-30H2,1-2H3. The Kier molecular flexibility index (Phi) is 18.9. The van der Waals surface area contributed by atoms with Gasteiger partial charge in [0.25, 0.3) is 23.2 Å². The topological polar surface area (TPSA) is 188 Å². The Morgan fingerprint density at radius 2 is 1.07 bits per heavy atom. The van der Waals surface area contributed by atoms with Crippen LogP contribution in [0.5, 0.6) is 11.5 Å². The molecule has 2 fully saturated rings. The number of carbonyl (C=O) groups is 2. The van der Waals surface area contributed by atoms with Crippen molar-refractivity contribution in [2.75, 3.05) is 78.1 Å². The molecule has 310 valence electrons. The molecule has 4 rings (SSSR count). The molecule has 2 aliphatic heterocycles. The van der Waals surface area contributed by atoms with Gasteiger partial charge in [0.05, 0.1) is 13.2 Å². The Hall–Kier alpha value is -3.68. The van der Waals surface area contributed by atoms with Crippen molar-refractivity contribution in [3.63, 3.8) is 0 Å². The van der Waals surface area contributed by atoms with E-state index in [4.69, 9.17) is 18.9 Å². The van der Waals surface area contributed by atoms with Crippen molar-refractivity contribution in [1.29, 1.82) is 0 Å². The lowest BCUT2D eigenvalue weighted by Gasteiger charge is -2.31. The third kappa shape index (κ3) is 15.7. The minimum atomic E-state index is -1.92. The van der Waals surface area contributed by atoms with E-state index in [-0.39, 0.29) is 26.3 Å². The highest BCUT2D eigenvalue weighted by atomic mass is 32.2. The minimum absolute atomic E-state index is 0.146. The van der Waals surface area contributed by atoms with E-state index < -0.39 is 45.0 Å². The van der Waals surface area contributed by atoms with Gasteiger partial charge in [0.15, 0.2) is 0 Å². The first-order valence-electron chi connectivity index (χ1n) is 19.2. The molecular formula is C38H56N6O10S2. The lowest BCUT2D eigenvalue weighted by Crippen LogP contribution is -2.55. The summed E-state index contributed by atoms with van der Waals surface area (Å²) in [6.45, 7) is 5.15. The van der Waals surface area contributed by atoms with E-state index in [1.54, 1.807) is 0 Å². The van der Waals surface area contributed by atoms with E-state index in [2.05, 4.69) is 32.6 Å². The molecule has 2 saturated heterocycles. The van der Waals surface area contributed by atoms with Gasteiger partial charge in [-0.1, -0.05) is 60.6 Å². The molecule has 0 aromatic heterocycles. The number of hydrogen-bond donors (Lipinski definition) is 2. The van der Waals surface area contributed by atoms with E-state index >= 15 is 0 Å². The van der Waals surface area contributed by atoms with Crippen LogP contribution in [0.15, 0.2) is 48.5 Å². The summed E-state index contributed by atoms with van der Waals surface area (Å²) in [5.41, 5.74) is 2.31. The maximum absolute atomic E-state index is 13.1. The molecule has 0 bridgehead atoms. The summed E-state index contributed by atoms with van der Waals surface area (Å²) in [5.74, 6) is -1.66. The molecule has 2 aromatic rings. The van der Waals surface area contributed by atoms with Gasteiger partial charge in [-0.25, -0.2) is 9.59 Å². The summed E-state index contributed by atoms with van der Waals surface area (Å²) in [6.07, 6.45) is 11.1. The molecule has 0 saturated carbocycles. The minimum Gasteiger partial charge on any atom is -0.494 e. The Labute approximate surface area is 337 Å². The molecule has 0 aliphatic carbocycles. The number of carbonyl (C=O) groups excluding carboxylic acids is 2. The van der Waals surface area contributed by atoms with E-state index in [1.807, 2.05) is 36.4 Å². The van der Waals surface area contributed by atoms with Crippen molar-refractivity contribution >= 4 is 35.5 Å². The fourth-order valence-electron chi connectivity index (χ4n) is 6.63. The summed E-state index contributed by atoms with van der Waals surface area (Å²) in [5, 5.41) is 25.2. The molecule has 2 atom stereocenters. The summed E-state index contributed by atoms with van der Waals surface area (Å²) >= 11 is 1.66. The first-order valence-corrected chi connectivity index (χ1v) is 21.7. The molecule has 2 unspecified atom stereocenters. The summed E-state index contributed by atoms with van der Waals surface area (Å²) < 4.78 is 22.6. The zero-order valence-corrected chi connectivity index (χ0v) is 34.1. The second-order valence-electron chi connectivity index (χ2n) is 13.9. The molecule has 2 aliphatic rings. The van der Waals surface area contributed by atoms with Gasteiger partial charge in [-0.2, -0.15) is 0 Å². The number of nitro groups is 2. The van der Waals surface area contributed by atoms with Crippen molar-refractivity contribution < 1.29 is 38.4 Å². The number of benzene rings is 2. The quantitative estimate of drug-likeness (QED) is 0.0369. The van der Waals surface area contributed by atoms with Gasteiger partial charge < -0.3 is 18.9 Å². The molecule has 2 N–H and O–H groups in total. The number of hydrogen-bond acceptors (Lipinski definition) is 16. The molecule has 0 amide bonds. The molecule has 2 aromatic carbocycles. The van der Waals surface area contributed by atoms with E-state index in [0.717, 1.165) is 73.9 Å². The fourth-order valence-corrected chi connectivity index (χ4v) is 7.91. The van der Waals surface area contributed by atoms with Gasteiger partial charge in [0.2, 0.25) is 0 Å². The first kappa shape index (κ1) is 45.0. The van der Waals surface area contributed by atoms with Crippen LogP contribution in [0.1, 0.15) is 62.5 Å². The van der Waals surface area contributed by atoms with Crippen molar-refractivity contribution in [1.82, 2.24) is 20.4 Å². The molecular weight excluding hydrogens is 765 g/mol. The normalized spacial score (nSPS) is 17.2. The predicted molar refractivity (Wildman–Crippen MR) is 216 cm³/mol. The van der Waals surface area contributed by atoms with Crippen LogP contribution in [0.4, 0.5) is 0 Å². The molecule has 0 radical (unpaired) electrons. The molecule has 16 nitrogen and oxygen atoms in total. The highest BCUT2D eigenvalue weighted by molar-refractivity contribution is 8.00. The monoisotopic (exact) mass is 820 g/mol. The van der Waals surface area contributed by atoms with Gasteiger partial charge in [-0.3, -0.25) is 40.7 Å². The number of rotatable bonds is 24. The van der Waals surface area contributed by atoms with Gasteiger partial charge in [-0.05, 0) is 113 Å². The van der Waals surface area contributed by atoms with Crippen molar-refractivity contribution in [2.24, 2.45) is 0 Å². The zero-order valence-electron chi connectivity index (χ0n) is 32.4. The highest BCUT2D eigenvalue weighted by Gasteiger charge is 2.45. The van der Waals surface area contributed by atoms with Gasteiger partial charge >= 0.3 is 11.9 Å². The van der Waals surface area contributed by atoms with Crippen LogP contribution in [0, 0.1) is 20.2 Å². The van der Waals surface area contributed by atoms with Crippen LogP contribution in [-0.4, -0.2) is 120 Å². The molecule has 0 spiro atoms.